The van der Waals surface area contributed by atoms with Crippen molar-refractivity contribution in [2.75, 3.05) is 33.5 Å². The predicted octanol–water partition coefficient (Wildman–Crippen LogP) is 5.59. The number of thiazole rings is 1. The molecule has 0 N–H and O–H groups in total. The van der Waals surface area contributed by atoms with Crippen LogP contribution in [0.25, 0.3) is 6.08 Å². The van der Waals surface area contributed by atoms with Gasteiger partial charge in [0.2, 0.25) is 0 Å². The van der Waals surface area contributed by atoms with Crippen molar-refractivity contribution in [3.05, 3.63) is 126 Å². The molecule has 4 aromatic rings. The maximum Gasteiger partial charge on any atom is 0.343 e. The van der Waals surface area contributed by atoms with E-state index in [4.69, 9.17) is 28.4 Å². The molecule has 2 heterocycles. The van der Waals surface area contributed by atoms with Crippen LogP contribution in [0.15, 0.2) is 88.3 Å². The number of esters is 2. The molecule has 0 unspecified atom stereocenters. The number of fused-ring (bicyclic) bond motifs is 1. The van der Waals surface area contributed by atoms with E-state index in [1.807, 2.05) is 13.0 Å². The van der Waals surface area contributed by atoms with Crippen molar-refractivity contribution in [3.8, 4) is 23.0 Å². The minimum Gasteiger partial charge on any atom is -0.490 e. The number of carbonyl (C=O) groups is 2. The largest absolute Gasteiger partial charge is 0.490 e. The predicted molar refractivity (Wildman–Crippen MR) is 198 cm³/mol. The molecule has 0 aliphatic carbocycles. The first-order chi connectivity index (χ1) is 25.6. The highest BCUT2D eigenvalue weighted by Gasteiger charge is 2.34. The molecule has 0 saturated carbocycles. The Balaban J connectivity index is 1.63. The van der Waals surface area contributed by atoms with E-state index in [0.717, 1.165) is 11.1 Å². The lowest BCUT2D eigenvalue weighted by molar-refractivity contribution is -0.143. The molecule has 278 valence electrons. The van der Waals surface area contributed by atoms with E-state index < -0.39 is 18.0 Å². The van der Waals surface area contributed by atoms with E-state index in [2.05, 4.69) is 11.6 Å². The summed E-state index contributed by atoms with van der Waals surface area (Å²) >= 11 is 1.18. The molecule has 53 heavy (non-hydrogen) atoms. The fourth-order valence-electron chi connectivity index (χ4n) is 5.77. The zero-order valence-electron chi connectivity index (χ0n) is 30.2. The minimum absolute atomic E-state index is 0.121. The van der Waals surface area contributed by atoms with Crippen LogP contribution in [0, 0.1) is 5.82 Å². The first kappa shape index (κ1) is 38.5. The van der Waals surface area contributed by atoms with E-state index in [-0.39, 0.29) is 49.1 Å². The Morgan fingerprint density at radius 1 is 0.943 bits per heavy atom. The molecule has 13 heteroatoms. The Bertz CT molecular complexity index is 2210. The van der Waals surface area contributed by atoms with Gasteiger partial charge >= 0.3 is 11.9 Å². The van der Waals surface area contributed by atoms with Crippen molar-refractivity contribution < 1.29 is 42.4 Å². The maximum absolute atomic E-state index is 14.4. The average molecular weight is 745 g/mol. The molecule has 3 aromatic carbocycles. The van der Waals surface area contributed by atoms with Crippen LogP contribution in [0.5, 0.6) is 23.0 Å². The average Bonchev–Trinajstić information content (AvgIpc) is 3.44. The number of benzene rings is 3. The van der Waals surface area contributed by atoms with Gasteiger partial charge in [-0.2, -0.15) is 0 Å². The van der Waals surface area contributed by atoms with Gasteiger partial charge in [0.15, 0.2) is 34.4 Å². The van der Waals surface area contributed by atoms with E-state index in [9.17, 15) is 18.8 Å². The van der Waals surface area contributed by atoms with Gasteiger partial charge in [-0.1, -0.05) is 35.6 Å². The highest BCUT2D eigenvalue weighted by molar-refractivity contribution is 7.07. The molecule has 0 saturated heterocycles. The first-order valence-corrected chi connectivity index (χ1v) is 17.9. The molecule has 1 atom stereocenters. The van der Waals surface area contributed by atoms with Gasteiger partial charge in [-0.05, 0) is 93.3 Å². The van der Waals surface area contributed by atoms with E-state index in [1.54, 1.807) is 69.3 Å². The smallest absolute Gasteiger partial charge is 0.343 e. The summed E-state index contributed by atoms with van der Waals surface area (Å²) in [7, 11) is 1.26. The molecule has 0 radical (unpaired) electrons. The number of halogens is 1. The number of methoxy groups -OCH3 is 1. The quantitative estimate of drug-likeness (QED) is 0.107. The number of allylic oxidation sites excluding steroid dienone is 2. The first-order valence-electron chi connectivity index (χ1n) is 17.1. The van der Waals surface area contributed by atoms with Crippen LogP contribution >= 0.6 is 11.3 Å². The summed E-state index contributed by atoms with van der Waals surface area (Å²) < 4.78 is 49.2. The second-order valence-electron chi connectivity index (χ2n) is 11.7. The number of nitrogens with zero attached hydrogens (tertiary/aromatic N) is 2. The molecule has 1 aromatic heterocycles. The van der Waals surface area contributed by atoms with Crippen LogP contribution in [-0.2, 0) is 32.1 Å². The van der Waals surface area contributed by atoms with Crippen LogP contribution in [0.3, 0.4) is 0 Å². The standard InChI is InChI=1S/C40H41FN2O9S/c1-7-11-28-18-26(19-32(49-9-3)37(28)52-22-25-12-15-29(41)16-13-25)20-33-38(45)43-36(35(39(46)50-10-4)24(5)42-40(43)53-33)27-14-17-30(31(21-27)48-8-2)51-23-34(44)47-6/h7,12-21,36H,1,8-11,22-23H2,2-6H3/b33-20-/t36-/m0/s1. The van der Waals surface area contributed by atoms with Crippen LogP contribution in [0.2, 0.25) is 0 Å². The summed E-state index contributed by atoms with van der Waals surface area (Å²) in [5.41, 5.74) is 3.00. The number of ether oxygens (including phenoxy) is 6. The van der Waals surface area contributed by atoms with Crippen LogP contribution in [-0.4, -0.2) is 50.0 Å². The highest BCUT2D eigenvalue weighted by atomic mass is 32.1. The van der Waals surface area contributed by atoms with Crippen molar-refractivity contribution >= 4 is 29.4 Å². The van der Waals surface area contributed by atoms with Crippen LogP contribution in [0.1, 0.15) is 56.0 Å². The number of carbonyl (C=O) groups excluding carboxylic acids is 2. The Kier molecular flexibility index (Phi) is 12.9. The zero-order valence-corrected chi connectivity index (χ0v) is 31.0. The maximum atomic E-state index is 14.4. The highest BCUT2D eigenvalue weighted by Crippen LogP contribution is 2.37. The van der Waals surface area contributed by atoms with E-state index in [0.29, 0.717) is 56.4 Å². The lowest BCUT2D eigenvalue weighted by Gasteiger charge is -2.25. The van der Waals surface area contributed by atoms with Crippen molar-refractivity contribution in [2.24, 2.45) is 4.99 Å². The van der Waals surface area contributed by atoms with Gasteiger partial charge in [-0.25, -0.2) is 19.0 Å². The lowest BCUT2D eigenvalue weighted by atomic mass is 9.95. The van der Waals surface area contributed by atoms with Crippen molar-refractivity contribution in [1.82, 2.24) is 4.57 Å². The number of hydrogen-bond donors (Lipinski definition) is 0. The molecule has 5 rings (SSSR count). The summed E-state index contributed by atoms with van der Waals surface area (Å²) in [5, 5.41) is 0. The molecule has 0 amide bonds. The summed E-state index contributed by atoms with van der Waals surface area (Å²) in [6.45, 7) is 11.6. The van der Waals surface area contributed by atoms with Crippen molar-refractivity contribution in [2.45, 2.75) is 46.8 Å². The van der Waals surface area contributed by atoms with Gasteiger partial charge < -0.3 is 28.4 Å². The van der Waals surface area contributed by atoms with Crippen molar-refractivity contribution in [3.63, 3.8) is 0 Å². The molecule has 0 bridgehead atoms. The van der Waals surface area contributed by atoms with Gasteiger partial charge in [-0.3, -0.25) is 9.36 Å². The van der Waals surface area contributed by atoms with Crippen molar-refractivity contribution in [1.29, 1.82) is 0 Å². The van der Waals surface area contributed by atoms with Crippen LogP contribution in [0.4, 0.5) is 4.39 Å². The SMILES string of the molecule is C=CCc1cc(/C=c2\sc3n(c2=O)[C@@H](c2ccc(OCC(=O)OC)c(OCC)c2)C(C(=O)OCC)=C(C)N=3)cc(OCC)c1OCc1ccc(F)cc1. The Morgan fingerprint density at radius 3 is 2.36 bits per heavy atom. The second kappa shape index (κ2) is 17.7. The molecular formula is C40H41FN2O9S. The number of rotatable bonds is 16. The summed E-state index contributed by atoms with van der Waals surface area (Å²) in [6.07, 6.45) is 3.94. The van der Waals surface area contributed by atoms with Gasteiger partial charge in [0.05, 0.1) is 48.8 Å². The fraction of sp³-hybridized carbons (Fsp3) is 0.300. The zero-order chi connectivity index (χ0) is 38.1. The summed E-state index contributed by atoms with van der Waals surface area (Å²) in [6, 6.07) is 13.8. The van der Waals surface area contributed by atoms with Gasteiger partial charge in [0.1, 0.15) is 12.4 Å². The normalized spacial score (nSPS) is 13.8. The number of aromatic nitrogens is 1. The molecule has 11 nitrogen and oxygen atoms in total. The molecular weight excluding hydrogens is 704 g/mol. The van der Waals surface area contributed by atoms with Gasteiger partial charge in [0, 0.05) is 5.56 Å². The summed E-state index contributed by atoms with van der Waals surface area (Å²) in [4.78, 5) is 44.7. The van der Waals surface area contributed by atoms with E-state index in [1.165, 1.54) is 35.1 Å². The topological polar surface area (TPSA) is 124 Å². The second-order valence-corrected chi connectivity index (χ2v) is 12.7. The fourth-order valence-corrected chi connectivity index (χ4v) is 6.82. The molecule has 1 aliphatic rings. The molecule has 1 aliphatic heterocycles. The van der Waals surface area contributed by atoms with Crippen LogP contribution < -0.4 is 33.8 Å². The monoisotopic (exact) mass is 744 g/mol. The van der Waals surface area contributed by atoms with Gasteiger partial charge in [0.25, 0.3) is 5.56 Å². The lowest BCUT2D eigenvalue weighted by Crippen LogP contribution is -2.40. The summed E-state index contributed by atoms with van der Waals surface area (Å²) in [5.74, 6) is 0.0936. The Hall–Kier alpha value is -5.69. The third-order valence-electron chi connectivity index (χ3n) is 8.09. The Labute approximate surface area is 310 Å². The Morgan fingerprint density at radius 2 is 1.68 bits per heavy atom. The van der Waals surface area contributed by atoms with Gasteiger partial charge in [-0.15, -0.1) is 6.58 Å². The molecule has 0 spiro atoms. The third kappa shape index (κ3) is 8.86. The third-order valence-corrected chi connectivity index (χ3v) is 9.07. The molecule has 0 fully saturated rings. The van der Waals surface area contributed by atoms with E-state index >= 15 is 0 Å². The minimum atomic E-state index is -0.918. The number of hydrogen-bond acceptors (Lipinski definition) is 11.